The molecule has 0 aliphatic heterocycles. The van der Waals surface area contributed by atoms with Crippen molar-refractivity contribution in [3.05, 3.63) is 35.4 Å². The van der Waals surface area contributed by atoms with Crippen LogP contribution >= 0.6 is 0 Å². The molecule has 84 valence electrons. The summed E-state index contributed by atoms with van der Waals surface area (Å²) in [4.78, 5) is 11.6. The van der Waals surface area contributed by atoms with E-state index in [4.69, 9.17) is 9.47 Å². The van der Waals surface area contributed by atoms with Crippen LogP contribution in [0.15, 0.2) is 24.3 Å². The molecule has 0 bridgehead atoms. The lowest BCUT2D eigenvalue weighted by atomic mass is 9.90. The lowest BCUT2D eigenvalue weighted by Gasteiger charge is -2.18. The lowest BCUT2D eigenvalue weighted by molar-refractivity contribution is -0.133. The molecule has 0 saturated carbocycles. The van der Waals surface area contributed by atoms with Gasteiger partial charge in [-0.1, -0.05) is 18.2 Å². The number of methoxy groups -OCH3 is 2. The summed E-state index contributed by atoms with van der Waals surface area (Å²) in [7, 11) is 3.05. The highest BCUT2D eigenvalue weighted by Gasteiger charge is 2.21. The third-order valence-electron chi connectivity index (χ3n) is 2.79. The maximum atomic E-state index is 11.6. The number of esters is 1. The minimum Gasteiger partial charge on any atom is -0.496 e. The van der Waals surface area contributed by atoms with E-state index in [1.54, 1.807) is 7.11 Å². The van der Waals surface area contributed by atoms with Gasteiger partial charge in [-0.05, 0) is 24.5 Å². The number of carbonyl (C=O) groups excluding carboxylic acids is 1. The Bertz CT molecular complexity index is 446. The number of carbonyl (C=O) groups is 1. The van der Waals surface area contributed by atoms with E-state index in [2.05, 4.69) is 0 Å². The van der Waals surface area contributed by atoms with E-state index in [1.165, 1.54) is 7.11 Å². The van der Waals surface area contributed by atoms with Gasteiger partial charge in [-0.2, -0.15) is 0 Å². The van der Waals surface area contributed by atoms with Crippen LogP contribution in [0.5, 0.6) is 5.75 Å². The molecule has 0 N–H and O–H groups in total. The minimum absolute atomic E-state index is 0.283. The summed E-state index contributed by atoms with van der Waals surface area (Å²) in [6.07, 6.45) is 3.67. The van der Waals surface area contributed by atoms with Gasteiger partial charge in [0.05, 0.1) is 19.8 Å². The monoisotopic (exact) mass is 218 g/mol. The van der Waals surface area contributed by atoms with Crippen molar-refractivity contribution in [3.8, 4) is 5.75 Å². The Morgan fingerprint density at radius 2 is 2.12 bits per heavy atom. The van der Waals surface area contributed by atoms with Crippen LogP contribution in [-0.4, -0.2) is 20.2 Å². The summed E-state index contributed by atoms with van der Waals surface area (Å²) < 4.78 is 10.1. The minimum atomic E-state index is -0.283. The van der Waals surface area contributed by atoms with E-state index in [9.17, 15) is 4.79 Å². The van der Waals surface area contributed by atoms with Crippen LogP contribution in [0.3, 0.4) is 0 Å². The molecular formula is C13H14O3. The van der Waals surface area contributed by atoms with E-state index in [0.29, 0.717) is 5.57 Å². The maximum absolute atomic E-state index is 11.6. The second kappa shape index (κ2) is 4.39. The van der Waals surface area contributed by atoms with Crippen LogP contribution in [0.1, 0.15) is 17.5 Å². The highest BCUT2D eigenvalue weighted by molar-refractivity contribution is 6.17. The SMILES string of the molecule is COC(=O)C1=CCCc2c(OC)cccc21. The number of fused-ring (bicyclic) bond motifs is 1. The van der Waals surface area contributed by atoms with Gasteiger partial charge in [-0.25, -0.2) is 4.79 Å². The Morgan fingerprint density at radius 1 is 1.31 bits per heavy atom. The summed E-state index contributed by atoms with van der Waals surface area (Å²) in [5.41, 5.74) is 2.66. The zero-order valence-electron chi connectivity index (χ0n) is 9.45. The van der Waals surface area contributed by atoms with Gasteiger partial charge in [0.1, 0.15) is 5.75 Å². The Labute approximate surface area is 94.7 Å². The fraction of sp³-hybridized carbons (Fsp3) is 0.308. The second-order valence-electron chi connectivity index (χ2n) is 3.63. The summed E-state index contributed by atoms with van der Waals surface area (Å²) in [5.74, 6) is 0.557. The zero-order valence-corrected chi connectivity index (χ0v) is 9.45. The molecule has 0 atom stereocenters. The molecular weight excluding hydrogens is 204 g/mol. The number of rotatable bonds is 2. The number of ether oxygens (including phenoxy) is 2. The molecule has 16 heavy (non-hydrogen) atoms. The number of allylic oxidation sites excluding steroid dienone is 1. The number of hydrogen-bond donors (Lipinski definition) is 0. The molecule has 0 aromatic heterocycles. The first-order chi connectivity index (χ1) is 7.77. The summed E-state index contributed by atoms with van der Waals surface area (Å²) in [6.45, 7) is 0. The Morgan fingerprint density at radius 3 is 2.81 bits per heavy atom. The van der Waals surface area contributed by atoms with Gasteiger partial charge in [0.15, 0.2) is 0 Å². The van der Waals surface area contributed by atoms with Crippen molar-refractivity contribution >= 4 is 11.5 Å². The topological polar surface area (TPSA) is 35.5 Å². The van der Waals surface area contributed by atoms with Gasteiger partial charge >= 0.3 is 5.97 Å². The lowest BCUT2D eigenvalue weighted by Crippen LogP contribution is -2.10. The predicted molar refractivity (Wildman–Crippen MR) is 61.3 cm³/mol. The average molecular weight is 218 g/mol. The van der Waals surface area contributed by atoms with Crippen LogP contribution in [-0.2, 0) is 16.0 Å². The molecule has 0 fully saturated rings. The quantitative estimate of drug-likeness (QED) is 0.714. The molecule has 0 spiro atoms. The Balaban J connectivity index is 2.50. The van der Waals surface area contributed by atoms with Crippen molar-refractivity contribution < 1.29 is 14.3 Å². The number of hydrogen-bond acceptors (Lipinski definition) is 3. The first-order valence-corrected chi connectivity index (χ1v) is 5.22. The van der Waals surface area contributed by atoms with Gasteiger partial charge in [0.25, 0.3) is 0 Å². The molecule has 1 aromatic carbocycles. The second-order valence-corrected chi connectivity index (χ2v) is 3.63. The van der Waals surface area contributed by atoms with Crippen LogP contribution in [0.2, 0.25) is 0 Å². The van der Waals surface area contributed by atoms with Crippen LogP contribution in [0.4, 0.5) is 0 Å². The van der Waals surface area contributed by atoms with Crippen molar-refractivity contribution in [1.82, 2.24) is 0 Å². The van der Waals surface area contributed by atoms with Crippen molar-refractivity contribution in [2.24, 2.45) is 0 Å². The molecule has 1 aromatic rings. The highest BCUT2D eigenvalue weighted by Crippen LogP contribution is 2.33. The molecule has 0 radical (unpaired) electrons. The Hall–Kier alpha value is -1.77. The predicted octanol–water partition coefficient (Wildman–Crippen LogP) is 2.20. The van der Waals surface area contributed by atoms with E-state index in [-0.39, 0.29) is 5.97 Å². The van der Waals surface area contributed by atoms with E-state index < -0.39 is 0 Å². The molecule has 0 unspecified atom stereocenters. The van der Waals surface area contributed by atoms with Crippen LogP contribution < -0.4 is 4.74 Å². The normalized spacial score (nSPS) is 13.8. The van der Waals surface area contributed by atoms with E-state index in [0.717, 1.165) is 29.7 Å². The Kier molecular flexibility index (Phi) is 2.95. The van der Waals surface area contributed by atoms with Gasteiger partial charge in [-0.15, -0.1) is 0 Å². The van der Waals surface area contributed by atoms with E-state index >= 15 is 0 Å². The van der Waals surface area contributed by atoms with Gasteiger partial charge in [0.2, 0.25) is 0 Å². The molecule has 0 heterocycles. The molecule has 0 saturated heterocycles. The number of benzene rings is 1. The molecule has 2 rings (SSSR count). The van der Waals surface area contributed by atoms with Crippen molar-refractivity contribution in [2.75, 3.05) is 14.2 Å². The third-order valence-corrected chi connectivity index (χ3v) is 2.79. The summed E-state index contributed by atoms with van der Waals surface area (Å²) >= 11 is 0. The van der Waals surface area contributed by atoms with Gasteiger partial charge in [-0.3, -0.25) is 0 Å². The van der Waals surface area contributed by atoms with Gasteiger partial charge < -0.3 is 9.47 Å². The molecule has 1 aliphatic rings. The standard InChI is InChI=1S/C13H14O3/c1-15-12-8-4-5-9-10(12)6-3-7-11(9)13(14)16-2/h4-5,7-8H,3,6H2,1-2H3. The molecule has 3 heteroatoms. The fourth-order valence-corrected chi connectivity index (χ4v) is 2.04. The zero-order chi connectivity index (χ0) is 11.5. The summed E-state index contributed by atoms with van der Waals surface area (Å²) in [5, 5.41) is 0. The summed E-state index contributed by atoms with van der Waals surface area (Å²) in [6, 6.07) is 5.73. The largest absolute Gasteiger partial charge is 0.496 e. The van der Waals surface area contributed by atoms with Crippen LogP contribution in [0, 0.1) is 0 Å². The first kappa shape index (κ1) is 10.7. The fourth-order valence-electron chi connectivity index (χ4n) is 2.04. The smallest absolute Gasteiger partial charge is 0.338 e. The first-order valence-electron chi connectivity index (χ1n) is 5.22. The molecule has 0 amide bonds. The van der Waals surface area contributed by atoms with Gasteiger partial charge in [0, 0.05) is 5.56 Å². The maximum Gasteiger partial charge on any atom is 0.338 e. The van der Waals surface area contributed by atoms with Crippen molar-refractivity contribution in [1.29, 1.82) is 0 Å². The highest BCUT2D eigenvalue weighted by atomic mass is 16.5. The molecule has 3 nitrogen and oxygen atoms in total. The van der Waals surface area contributed by atoms with Crippen LogP contribution in [0.25, 0.3) is 5.57 Å². The average Bonchev–Trinajstić information content (AvgIpc) is 2.36. The molecule has 1 aliphatic carbocycles. The van der Waals surface area contributed by atoms with Crippen molar-refractivity contribution in [3.63, 3.8) is 0 Å². The third kappa shape index (κ3) is 1.69. The van der Waals surface area contributed by atoms with E-state index in [1.807, 2.05) is 24.3 Å². The van der Waals surface area contributed by atoms with Crippen molar-refractivity contribution in [2.45, 2.75) is 12.8 Å².